The molecule has 0 bridgehead atoms. The van der Waals surface area contributed by atoms with E-state index in [1.807, 2.05) is 0 Å². The second kappa shape index (κ2) is 7.66. The zero-order valence-electron chi connectivity index (χ0n) is 12.1. The third kappa shape index (κ3) is 4.47. The van der Waals surface area contributed by atoms with Crippen LogP contribution in [-0.4, -0.2) is 29.3 Å². The molecule has 21 heavy (non-hydrogen) atoms. The number of nitrogens with zero attached hydrogens (tertiary/aromatic N) is 2. The van der Waals surface area contributed by atoms with E-state index in [9.17, 15) is 23.7 Å². The minimum atomic E-state index is -1.29. The van der Waals surface area contributed by atoms with Crippen LogP contribution >= 0.6 is 0 Å². The highest BCUT2D eigenvalue weighted by Crippen LogP contribution is 2.22. The number of halogens is 2. The first kappa shape index (κ1) is 17.0. The Morgan fingerprint density at radius 2 is 1.90 bits per heavy atom. The summed E-state index contributed by atoms with van der Waals surface area (Å²) in [5.74, 6) is -3.07. The predicted molar refractivity (Wildman–Crippen MR) is 74.1 cm³/mol. The van der Waals surface area contributed by atoms with E-state index in [1.165, 1.54) is 11.9 Å². The summed E-state index contributed by atoms with van der Waals surface area (Å²) in [5.41, 5.74) is -1.39. The summed E-state index contributed by atoms with van der Waals surface area (Å²) in [6.07, 6.45) is 3.80. The average molecular weight is 300 g/mol. The second-order valence-corrected chi connectivity index (χ2v) is 4.83. The van der Waals surface area contributed by atoms with Crippen LogP contribution in [0.1, 0.15) is 43.0 Å². The van der Waals surface area contributed by atoms with E-state index >= 15 is 0 Å². The first-order chi connectivity index (χ1) is 9.88. The number of carbonyl (C=O) groups excluding carboxylic acids is 1. The van der Waals surface area contributed by atoms with Gasteiger partial charge in [-0.05, 0) is 6.42 Å². The average Bonchev–Trinajstić information content (AvgIpc) is 2.42. The maximum absolute atomic E-state index is 13.6. The maximum Gasteiger partial charge on any atom is 0.305 e. The van der Waals surface area contributed by atoms with Gasteiger partial charge in [0, 0.05) is 25.7 Å². The lowest BCUT2D eigenvalue weighted by Gasteiger charge is -2.17. The van der Waals surface area contributed by atoms with Gasteiger partial charge < -0.3 is 4.90 Å². The molecule has 1 aromatic carbocycles. The molecule has 1 rings (SSSR count). The van der Waals surface area contributed by atoms with E-state index in [-0.39, 0.29) is 0 Å². The fraction of sp³-hybridized carbons (Fsp3) is 0.500. The molecular weight excluding hydrogens is 282 g/mol. The summed E-state index contributed by atoms with van der Waals surface area (Å²) in [5, 5.41) is 10.6. The van der Waals surface area contributed by atoms with Gasteiger partial charge in [0.2, 0.25) is 5.82 Å². The molecule has 0 aliphatic rings. The van der Waals surface area contributed by atoms with Crippen LogP contribution in [-0.2, 0) is 0 Å². The van der Waals surface area contributed by atoms with Crippen LogP contribution in [0, 0.1) is 21.7 Å². The maximum atomic E-state index is 13.6. The van der Waals surface area contributed by atoms with Gasteiger partial charge >= 0.3 is 5.69 Å². The van der Waals surface area contributed by atoms with Gasteiger partial charge in [0.15, 0.2) is 0 Å². The number of nitro groups is 1. The molecule has 0 N–H and O–H groups in total. The summed E-state index contributed by atoms with van der Waals surface area (Å²) in [7, 11) is 1.49. The molecular formula is C14H18F2N2O3. The first-order valence-corrected chi connectivity index (χ1v) is 6.77. The number of amides is 1. The molecule has 0 fully saturated rings. The van der Waals surface area contributed by atoms with Crippen LogP contribution in [0.2, 0.25) is 0 Å². The van der Waals surface area contributed by atoms with Crippen molar-refractivity contribution in [1.29, 1.82) is 0 Å². The second-order valence-electron chi connectivity index (χ2n) is 4.83. The molecule has 0 saturated heterocycles. The molecule has 7 heteroatoms. The molecule has 0 heterocycles. The van der Waals surface area contributed by atoms with Crippen molar-refractivity contribution in [2.24, 2.45) is 0 Å². The van der Waals surface area contributed by atoms with E-state index < -0.39 is 33.7 Å². The molecule has 0 saturated carbocycles. The van der Waals surface area contributed by atoms with E-state index in [1.54, 1.807) is 0 Å². The monoisotopic (exact) mass is 300 g/mol. The van der Waals surface area contributed by atoms with E-state index in [0.29, 0.717) is 18.7 Å². The fourth-order valence-electron chi connectivity index (χ4n) is 1.92. The Morgan fingerprint density at radius 1 is 1.24 bits per heavy atom. The zero-order chi connectivity index (χ0) is 16.0. The number of hydrogen-bond acceptors (Lipinski definition) is 3. The minimum absolute atomic E-state index is 0.371. The highest BCUT2D eigenvalue weighted by molar-refractivity contribution is 5.95. The van der Waals surface area contributed by atoms with Crippen LogP contribution in [0.3, 0.4) is 0 Å². The van der Waals surface area contributed by atoms with Crippen LogP contribution < -0.4 is 0 Å². The van der Waals surface area contributed by atoms with Crippen molar-refractivity contribution in [3.8, 4) is 0 Å². The Balaban J connectivity index is 2.86. The van der Waals surface area contributed by atoms with Crippen LogP contribution in [0.5, 0.6) is 0 Å². The normalized spacial score (nSPS) is 10.5. The Bertz CT molecular complexity index is 535. The van der Waals surface area contributed by atoms with Gasteiger partial charge in [-0.3, -0.25) is 14.9 Å². The molecule has 0 aromatic heterocycles. The Kier molecular flexibility index (Phi) is 6.20. The van der Waals surface area contributed by atoms with Crippen molar-refractivity contribution in [2.45, 2.75) is 32.6 Å². The molecule has 116 valence electrons. The van der Waals surface area contributed by atoms with E-state index in [0.717, 1.165) is 25.7 Å². The molecule has 0 aliphatic heterocycles. The summed E-state index contributed by atoms with van der Waals surface area (Å²) < 4.78 is 26.9. The van der Waals surface area contributed by atoms with Crippen molar-refractivity contribution >= 4 is 11.6 Å². The Morgan fingerprint density at radius 3 is 2.48 bits per heavy atom. The number of nitro benzene ring substituents is 1. The molecule has 0 unspecified atom stereocenters. The molecule has 0 spiro atoms. The summed E-state index contributed by atoms with van der Waals surface area (Å²) in [6.45, 7) is 2.48. The molecule has 5 nitrogen and oxygen atoms in total. The highest BCUT2D eigenvalue weighted by atomic mass is 19.1. The Labute approximate surface area is 121 Å². The van der Waals surface area contributed by atoms with Crippen molar-refractivity contribution in [3.63, 3.8) is 0 Å². The summed E-state index contributed by atoms with van der Waals surface area (Å²) in [6, 6.07) is 1.02. The van der Waals surface area contributed by atoms with Crippen LogP contribution in [0.25, 0.3) is 0 Å². The molecule has 0 aliphatic carbocycles. The third-order valence-electron chi connectivity index (χ3n) is 3.16. The van der Waals surface area contributed by atoms with Crippen molar-refractivity contribution in [3.05, 3.63) is 39.4 Å². The lowest BCUT2D eigenvalue weighted by Crippen LogP contribution is -2.28. The number of benzene rings is 1. The molecule has 1 amide bonds. The van der Waals surface area contributed by atoms with Crippen molar-refractivity contribution in [1.82, 2.24) is 4.90 Å². The number of rotatable bonds is 7. The molecule has 0 radical (unpaired) electrons. The molecule has 1 aromatic rings. The van der Waals surface area contributed by atoms with Gasteiger partial charge in [0.1, 0.15) is 5.82 Å². The number of hydrogen-bond donors (Lipinski definition) is 0. The summed E-state index contributed by atoms with van der Waals surface area (Å²) in [4.78, 5) is 23.0. The van der Waals surface area contributed by atoms with Crippen LogP contribution in [0.4, 0.5) is 14.5 Å². The smallest absolute Gasteiger partial charge is 0.305 e. The van der Waals surface area contributed by atoms with Gasteiger partial charge in [-0.15, -0.1) is 0 Å². The quantitative estimate of drug-likeness (QED) is 0.439. The minimum Gasteiger partial charge on any atom is -0.342 e. The van der Waals surface area contributed by atoms with Crippen molar-refractivity contribution < 1.29 is 18.5 Å². The standard InChI is InChI=1S/C14H18F2N2O3/c1-3-4-5-6-7-17(2)14(19)10-8-13(18(20)21)12(16)9-11(10)15/h8-9H,3-7H2,1-2H3. The van der Waals surface area contributed by atoms with Gasteiger partial charge in [-0.25, -0.2) is 4.39 Å². The van der Waals surface area contributed by atoms with Gasteiger partial charge in [0.05, 0.1) is 10.5 Å². The van der Waals surface area contributed by atoms with Crippen molar-refractivity contribution in [2.75, 3.05) is 13.6 Å². The van der Waals surface area contributed by atoms with Gasteiger partial charge in [-0.1, -0.05) is 26.2 Å². The zero-order valence-corrected chi connectivity index (χ0v) is 12.1. The largest absolute Gasteiger partial charge is 0.342 e. The fourth-order valence-corrected chi connectivity index (χ4v) is 1.92. The first-order valence-electron chi connectivity index (χ1n) is 6.77. The summed E-state index contributed by atoms with van der Waals surface area (Å²) >= 11 is 0. The SMILES string of the molecule is CCCCCCN(C)C(=O)c1cc([N+](=O)[O-])c(F)cc1F. The van der Waals surface area contributed by atoms with E-state index in [2.05, 4.69) is 6.92 Å². The lowest BCUT2D eigenvalue weighted by atomic mass is 10.1. The lowest BCUT2D eigenvalue weighted by molar-refractivity contribution is -0.387. The van der Waals surface area contributed by atoms with Gasteiger partial charge in [-0.2, -0.15) is 4.39 Å². The van der Waals surface area contributed by atoms with Crippen LogP contribution in [0.15, 0.2) is 12.1 Å². The molecule has 0 atom stereocenters. The topological polar surface area (TPSA) is 63.5 Å². The van der Waals surface area contributed by atoms with Gasteiger partial charge in [0.25, 0.3) is 5.91 Å². The van der Waals surface area contributed by atoms with E-state index in [4.69, 9.17) is 0 Å². The number of carbonyl (C=O) groups is 1. The number of unbranched alkanes of at least 4 members (excludes halogenated alkanes) is 3. The third-order valence-corrected chi connectivity index (χ3v) is 3.16. The predicted octanol–water partition coefficient (Wildman–Crippen LogP) is 3.53. The highest BCUT2D eigenvalue weighted by Gasteiger charge is 2.24. The Hall–Kier alpha value is -2.05.